The van der Waals surface area contributed by atoms with Crippen molar-refractivity contribution in [1.29, 1.82) is 0 Å². The first-order valence-corrected chi connectivity index (χ1v) is 5.56. The molecule has 2 rings (SSSR count). The van der Waals surface area contributed by atoms with Crippen LogP contribution in [0.4, 0.5) is 4.39 Å². The molecule has 0 unspecified atom stereocenters. The summed E-state index contributed by atoms with van der Waals surface area (Å²) in [7, 11) is 0. The minimum absolute atomic E-state index is 0.238. The summed E-state index contributed by atoms with van der Waals surface area (Å²) in [6, 6.07) is 6.25. The first kappa shape index (κ1) is 11.3. The summed E-state index contributed by atoms with van der Waals surface area (Å²) in [6.07, 6.45) is 5.13. The monoisotopic (exact) mass is 221 g/mol. The lowest BCUT2D eigenvalue weighted by Crippen LogP contribution is -2.40. The van der Waals surface area contributed by atoms with Crippen molar-refractivity contribution >= 4 is 6.08 Å². The van der Waals surface area contributed by atoms with Crippen LogP contribution in [0.2, 0.25) is 0 Å². The smallest absolute Gasteiger partial charge is 0.123 e. The van der Waals surface area contributed by atoms with Crippen LogP contribution >= 0.6 is 0 Å². The molecule has 0 bridgehead atoms. The molecule has 1 fully saturated rings. The molecule has 0 amide bonds. The van der Waals surface area contributed by atoms with E-state index >= 15 is 0 Å². The van der Waals surface area contributed by atoms with E-state index in [4.69, 9.17) is 0 Å². The largest absolute Gasteiger partial charge is 0.386 e. The molecule has 1 aliphatic rings. The van der Waals surface area contributed by atoms with E-state index in [1.165, 1.54) is 12.1 Å². The zero-order valence-electron chi connectivity index (χ0n) is 9.12. The van der Waals surface area contributed by atoms with Crippen molar-refractivity contribution < 1.29 is 9.50 Å². The Bertz CT molecular complexity index is 366. The number of nitrogens with one attached hydrogen (secondary N) is 1. The number of hydrogen-bond donors (Lipinski definition) is 2. The Morgan fingerprint density at radius 3 is 2.44 bits per heavy atom. The highest BCUT2D eigenvalue weighted by Crippen LogP contribution is 2.20. The maximum atomic E-state index is 12.7. The van der Waals surface area contributed by atoms with E-state index in [1.54, 1.807) is 12.1 Å². The lowest BCUT2D eigenvalue weighted by molar-refractivity contribution is 0.0590. The molecule has 2 nitrogen and oxygen atoms in total. The van der Waals surface area contributed by atoms with E-state index < -0.39 is 5.60 Å². The normalized spacial score (nSPS) is 20.1. The fourth-order valence-corrected chi connectivity index (χ4v) is 1.85. The molecule has 0 saturated carbocycles. The maximum absolute atomic E-state index is 12.7. The molecule has 1 aliphatic heterocycles. The second-order valence-corrected chi connectivity index (χ2v) is 4.24. The third-order valence-electron chi connectivity index (χ3n) is 2.93. The van der Waals surface area contributed by atoms with E-state index in [-0.39, 0.29) is 5.82 Å². The van der Waals surface area contributed by atoms with Crippen LogP contribution in [0, 0.1) is 5.82 Å². The van der Waals surface area contributed by atoms with Gasteiger partial charge in [0.25, 0.3) is 0 Å². The Morgan fingerprint density at radius 1 is 1.19 bits per heavy atom. The molecule has 0 radical (unpaired) electrons. The van der Waals surface area contributed by atoms with Crippen LogP contribution in [0.15, 0.2) is 30.3 Å². The summed E-state index contributed by atoms with van der Waals surface area (Å²) in [5.41, 5.74) is 0.202. The number of piperidine rings is 1. The molecule has 2 N–H and O–H groups in total. The van der Waals surface area contributed by atoms with Crippen molar-refractivity contribution in [2.45, 2.75) is 18.4 Å². The van der Waals surface area contributed by atoms with Gasteiger partial charge in [0, 0.05) is 0 Å². The number of hydrogen-bond acceptors (Lipinski definition) is 2. The second-order valence-electron chi connectivity index (χ2n) is 4.24. The van der Waals surface area contributed by atoms with Gasteiger partial charge >= 0.3 is 0 Å². The Kier molecular flexibility index (Phi) is 3.36. The summed E-state index contributed by atoms with van der Waals surface area (Å²) >= 11 is 0. The van der Waals surface area contributed by atoms with Gasteiger partial charge in [0.15, 0.2) is 0 Å². The molecule has 1 aromatic rings. The topological polar surface area (TPSA) is 32.3 Å². The molecule has 0 spiro atoms. The van der Waals surface area contributed by atoms with Crippen LogP contribution in [0.1, 0.15) is 18.4 Å². The highest BCUT2D eigenvalue weighted by Gasteiger charge is 2.25. The van der Waals surface area contributed by atoms with E-state index in [9.17, 15) is 9.50 Å². The maximum Gasteiger partial charge on any atom is 0.123 e. The zero-order valence-corrected chi connectivity index (χ0v) is 9.12. The van der Waals surface area contributed by atoms with Gasteiger partial charge in [0.2, 0.25) is 0 Å². The summed E-state index contributed by atoms with van der Waals surface area (Å²) in [6.45, 7) is 1.68. The Labute approximate surface area is 94.8 Å². The molecule has 0 atom stereocenters. The molecule has 1 heterocycles. The molecule has 0 aliphatic carbocycles. The van der Waals surface area contributed by atoms with Gasteiger partial charge in [-0.15, -0.1) is 0 Å². The first-order valence-electron chi connectivity index (χ1n) is 5.56. The Hall–Kier alpha value is -1.19. The first-order chi connectivity index (χ1) is 7.68. The fourth-order valence-electron chi connectivity index (χ4n) is 1.85. The third-order valence-corrected chi connectivity index (χ3v) is 2.93. The summed E-state index contributed by atoms with van der Waals surface area (Å²) in [4.78, 5) is 0. The standard InChI is InChI=1S/C13H16FNO/c14-12-3-1-11(2-4-12)5-6-13(16)7-9-15-10-8-13/h1-6,15-16H,7-10H2/b6-5+. The van der Waals surface area contributed by atoms with Gasteiger partial charge in [0.1, 0.15) is 5.82 Å². The van der Waals surface area contributed by atoms with Gasteiger partial charge in [-0.3, -0.25) is 0 Å². The zero-order chi connectivity index (χ0) is 11.4. The minimum atomic E-state index is -0.709. The number of rotatable bonds is 2. The average Bonchev–Trinajstić information content (AvgIpc) is 2.29. The van der Waals surface area contributed by atoms with Gasteiger partial charge < -0.3 is 10.4 Å². The number of aliphatic hydroxyl groups is 1. The number of benzene rings is 1. The van der Waals surface area contributed by atoms with Crippen molar-refractivity contribution in [3.63, 3.8) is 0 Å². The SMILES string of the molecule is OC1(/C=C/c2ccc(F)cc2)CCNCC1. The van der Waals surface area contributed by atoms with E-state index in [1.807, 2.05) is 12.2 Å². The van der Waals surface area contributed by atoms with Crippen molar-refractivity contribution in [2.24, 2.45) is 0 Å². The summed E-state index contributed by atoms with van der Waals surface area (Å²) in [5.74, 6) is -0.238. The van der Waals surface area contributed by atoms with Gasteiger partial charge in [-0.05, 0) is 43.6 Å². The summed E-state index contributed by atoms with van der Waals surface area (Å²) in [5, 5.41) is 13.4. The molecular formula is C13H16FNO. The second kappa shape index (κ2) is 4.76. The van der Waals surface area contributed by atoms with Crippen molar-refractivity contribution in [2.75, 3.05) is 13.1 Å². The van der Waals surface area contributed by atoms with Crippen LogP contribution in [-0.2, 0) is 0 Å². The summed E-state index contributed by atoms with van der Waals surface area (Å²) < 4.78 is 12.7. The molecule has 16 heavy (non-hydrogen) atoms. The predicted molar refractivity (Wildman–Crippen MR) is 62.5 cm³/mol. The molecular weight excluding hydrogens is 205 g/mol. The van der Waals surface area contributed by atoms with E-state index in [2.05, 4.69) is 5.32 Å². The van der Waals surface area contributed by atoms with Gasteiger partial charge in [-0.25, -0.2) is 4.39 Å². The lowest BCUT2D eigenvalue weighted by Gasteiger charge is -2.29. The Balaban J connectivity index is 2.05. The van der Waals surface area contributed by atoms with Crippen LogP contribution in [-0.4, -0.2) is 23.8 Å². The number of halogens is 1. The molecule has 3 heteroatoms. The van der Waals surface area contributed by atoms with Crippen LogP contribution < -0.4 is 5.32 Å². The van der Waals surface area contributed by atoms with Crippen LogP contribution in [0.3, 0.4) is 0 Å². The van der Waals surface area contributed by atoms with Gasteiger partial charge in [-0.2, -0.15) is 0 Å². The lowest BCUT2D eigenvalue weighted by atomic mass is 9.91. The Morgan fingerprint density at radius 2 is 1.81 bits per heavy atom. The molecule has 0 aromatic heterocycles. The third kappa shape index (κ3) is 2.90. The highest BCUT2D eigenvalue weighted by molar-refractivity contribution is 5.50. The molecule has 1 aromatic carbocycles. The van der Waals surface area contributed by atoms with E-state index in [0.29, 0.717) is 0 Å². The predicted octanol–water partition coefficient (Wildman–Crippen LogP) is 1.95. The van der Waals surface area contributed by atoms with Crippen LogP contribution in [0.5, 0.6) is 0 Å². The van der Waals surface area contributed by atoms with Crippen molar-refractivity contribution in [3.05, 3.63) is 41.7 Å². The highest BCUT2D eigenvalue weighted by atomic mass is 19.1. The minimum Gasteiger partial charge on any atom is -0.386 e. The van der Waals surface area contributed by atoms with Gasteiger partial charge in [0.05, 0.1) is 5.60 Å². The molecule has 1 saturated heterocycles. The van der Waals surface area contributed by atoms with Gasteiger partial charge in [-0.1, -0.05) is 24.3 Å². The van der Waals surface area contributed by atoms with Crippen molar-refractivity contribution in [1.82, 2.24) is 5.32 Å². The van der Waals surface area contributed by atoms with Crippen LogP contribution in [0.25, 0.3) is 6.08 Å². The quantitative estimate of drug-likeness (QED) is 0.800. The average molecular weight is 221 g/mol. The van der Waals surface area contributed by atoms with E-state index in [0.717, 1.165) is 31.5 Å². The van der Waals surface area contributed by atoms with Crippen molar-refractivity contribution in [3.8, 4) is 0 Å². The fraction of sp³-hybridized carbons (Fsp3) is 0.385. The molecule has 86 valence electrons.